The highest BCUT2D eigenvalue weighted by Gasteiger charge is 2.19. The molecular weight excluding hydrogens is 989 g/mol. The summed E-state index contributed by atoms with van der Waals surface area (Å²) in [4.78, 5) is 60.0. The SMILES string of the molecule is CC(C)(C)OC(=O)NCCCC[C@H](N)C(=O)NCCOCCOCCOCCOCCOCCOCCOCCOCCC(=O)OC(=O)[C@@H](N)CCCCNC(=O)CCCc1ccc(I)cc1. The van der Waals surface area contributed by atoms with Gasteiger partial charge in [-0.3, -0.25) is 14.4 Å². The molecule has 20 nitrogen and oxygen atoms in total. The van der Waals surface area contributed by atoms with Crippen molar-refractivity contribution in [2.24, 2.45) is 11.5 Å². The van der Waals surface area contributed by atoms with Crippen LogP contribution in [0.25, 0.3) is 0 Å². The number of nitrogens with one attached hydrogen (secondary N) is 3. The summed E-state index contributed by atoms with van der Waals surface area (Å²) in [6, 6.07) is 6.72. The number of carbonyl (C=O) groups excluding carboxylic acids is 5. The Hall–Kier alpha value is -3.10. The number of ether oxygens (including phenoxy) is 10. The summed E-state index contributed by atoms with van der Waals surface area (Å²) in [5.74, 6) is -1.71. The molecule has 1 aromatic carbocycles. The van der Waals surface area contributed by atoms with Gasteiger partial charge in [-0.1, -0.05) is 12.1 Å². The van der Waals surface area contributed by atoms with Gasteiger partial charge >= 0.3 is 18.0 Å². The molecule has 0 aromatic heterocycles. The molecule has 0 aliphatic carbocycles. The third-order valence-electron chi connectivity index (χ3n) is 9.11. The maximum Gasteiger partial charge on any atom is 0.407 e. The Morgan fingerprint density at radius 2 is 0.985 bits per heavy atom. The van der Waals surface area contributed by atoms with Crippen LogP contribution in [0.5, 0.6) is 0 Å². The number of amides is 3. The van der Waals surface area contributed by atoms with E-state index in [0.29, 0.717) is 157 Å². The minimum atomic E-state index is -0.915. The fourth-order valence-electron chi connectivity index (χ4n) is 5.57. The summed E-state index contributed by atoms with van der Waals surface area (Å²) in [6.45, 7) is 12.7. The van der Waals surface area contributed by atoms with Crippen LogP contribution < -0.4 is 27.4 Å². The van der Waals surface area contributed by atoms with Crippen molar-refractivity contribution in [3.05, 3.63) is 33.4 Å². The third-order valence-corrected chi connectivity index (χ3v) is 9.83. The molecule has 1 aromatic rings. The molecule has 386 valence electrons. The molecule has 1 rings (SSSR count). The number of alkyl carbamates (subject to hydrolysis) is 1. The van der Waals surface area contributed by atoms with Crippen molar-refractivity contribution < 1.29 is 71.3 Å². The molecule has 0 bridgehead atoms. The van der Waals surface area contributed by atoms with Crippen LogP contribution in [0.4, 0.5) is 4.79 Å². The Morgan fingerprint density at radius 1 is 0.537 bits per heavy atom. The van der Waals surface area contributed by atoms with Gasteiger partial charge in [-0.25, -0.2) is 9.59 Å². The molecule has 0 aliphatic heterocycles. The second-order valence-corrected chi connectivity index (χ2v) is 17.4. The van der Waals surface area contributed by atoms with E-state index in [1.165, 1.54) is 9.13 Å². The lowest BCUT2D eigenvalue weighted by Gasteiger charge is -2.19. The monoisotopic (exact) mass is 1070 g/mol. The molecule has 3 amide bonds. The van der Waals surface area contributed by atoms with Gasteiger partial charge in [0.05, 0.1) is 118 Å². The molecule has 21 heteroatoms. The Kier molecular flexibility index (Phi) is 38.7. The number of hydrogen-bond acceptors (Lipinski definition) is 17. The third kappa shape index (κ3) is 40.5. The Labute approximate surface area is 411 Å². The highest BCUT2D eigenvalue weighted by molar-refractivity contribution is 14.1. The molecule has 67 heavy (non-hydrogen) atoms. The lowest BCUT2D eigenvalue weighted by Crippen LogP contribution is -2.42. The number of rotatable bonds is 43. The Morgan fingerprint density at radius 3 is 1.48 bits per heavy atom. The number of nitrogens with two attached hydrogens (primary N) is 2. The van der Waals surface area contributed by atoms with E-state index < -0.39 is 35.7 Å². The average molecular weight is 1070 g/mol. The van der Waals surface area contributed by atoms with E-state index in [4.69, 9.17) is 58.8 Å². The fraction of sp³-hybridized carbons (Fsp3) is 0.761. The molecule has 0 spiro atoms. The topological polar surface area (TPSA) is 266 Å². The molecular formula is C46H80IN5O15. The van der Waals surface area contributed by atoms with Crippen LogP contribution in [0, 0.1) is 3.57 Å². The van der Waals surface area contributed by atoms with Gasteiger partial charge in [-0.05, 0) is 112 Å². The fourth-order valence-corrected chi connectivity index (χ4v) is 5.93. The number of esters is 2. The van der Waals surface area contributed by atoms with Gasteiger partial charge in [0, 0.05) is 29.6 Å². The normalized spacial score (nSPS) is 12.3. The highest BCUT2D eigenvalue weighted by Crippen LogP contribution is 2.10. The van der Waals surface area contributed by atoms with Crippen molar-refractivity contribution >= 4 is 52.4 Å². The van der Waals surface area contributed by atoms with Gasteiger partial charge in [0.25, 0.3) is 0 Å². The van der Waals surface area contributed by atoms with Crippen molar-refractivity contribution in [2.45, 2.75) is 103 Å². The van der Waals surface area contributed by atoms with E-state index in [-0.39, 0.29) is 31.4 Å². The molecule has 0 unspecified atom stereocenters. The quantitative estimate of drug-likeness (QED) is 0.0272. The minimum Gasteiger partial charge on any atom is -0.444 e. The van der Waals surface area contributed by atoms with Gasteiger partial charge in [0.15, 0.2) is 0 Å². The maximum atomic E-state index is 12.1. The first-order chi connectivity index (χ1) is 32.3. The van der Waals surface area contributed by atoms with E-state index in [9.17, 15) is 24.0 Å². The summed E-state index contributed by atoms with van der Waals surface area (Å²) >= 11 is 2.26. The number of carbonyl (C=O) groups is 5. The number of aryl methyl sites for hydroxylation is 1. The van der Waals surface area contributed by atoms with Crippen LogP contribution in [0.15, 0.2) is 24.3 Å². The van der Waals surface area contributed by atoms with Gasteiger partial charge in [-0.15, -0.1) is 0 Å². The van der Waals surface area contributed by atoms with E-state index in [2.05, 4.69) is 62.8 Å². The van der Waals surface area contributed by atoms with Crippen LogP contribution >= 0.6 is 22.6 Å². The predicted molar refractivity (Wildman–Crippen MR) is 258 cm³/mol. The Bertz CT molecular complexity index is 1440. The van der Waals surface area contributed by atoms with Crippen molar-refractivity contribution in [2.75, 3.05) is 125 Å². The first-order valence-electron chi connectivity index (χ1n) is 23.4. The minimum absolute atomic E-state index is 0.000713. The van der Waals surface area contributed by atoms with Gasteiger partial charge in [0.2, 0.25) is 11.8 Å². The van der Waals surface area contributed by atoms with Crippen LogP contribution in [0.1, 0.15) is 84.1 Å². The van der Waals surface area contributed by atoms with Crippen molar-refractivity contribution in [1.82, 2.24) is 16.0 Å². The number of benzene rings is 1. The summed E-state index contributed by atoms with van der Waals surface area (Å²) in [5.41, 5.74) is 12.5. The van der Waals surface area contributed by atoms with Gasteiger partial charge in [-0.2, -0.15) is 0 Å². The second-order valence-electron chi connectivity index (χ2n) is 16.2. The largest absolute Gasteiger partial charge is 0.444 e. The summed E-state index contributed by atoms with van der Waals surface area (Å²) in [7, 11) is 0. The van der Waals surface area contributed by atoms with Crippen molar-refractivity contribution in [3.63, 3.8) is 0 Å². The van der Waals surface area contributed by atoms with Crippen molar-refractivity contribution in [3.8, 4) is 0 Å². The summed E-state index contributed by atoms with van der Waals surface area (Å²) < 4.78 is 54.9. The predicted octanol–water partition coefficient (Wildman–Crippen LogP) is 2.96. The maximum absolute atomic E-state index is 12.1. The van der Waals surface area contributed by atoms with Gasteiger partial charge < -0.3 is 74.8 Å². The molecule has 0 saturated heterocycles. The lowest BCUT2D eigenvalue weighted by molar-refractivity contribution is -0.161. The van der Waals surface area contributed by atoms with Crippen molar-refractivity contribution in [1.29, 1.82) is 0 Å². The van der Waals surface area contributed by atoms with Crippen LogP contribution in [0.2, 0.25) is 0 Å². The first-order valence-corrected chi connectivity index (χ1v) is 24.5. The standard InChI is InChI=1S/C46H80IN5O15/c1-46(2,3)67-45(57)52-19-7-4-10-39(48)43(55)51-20-22-59-24-26-61-28-30-63-32-34-65-36-35-64-33-31-62-29-27-60-25-23-58-21-17-42(54)66-44(56)40(49)11-5-6-18-50-41(53)12-8-9-37-13-15-38(47)16-14-37/h13-16,39-40H,4-12,17-36,48-49H2,1-3H3,(H,50,53)(H,51,55)(H,52,57)/t39-,40-/m0/s1. The van der Waals surface area contributed by atoms with Crippen LogP contribution in [-0.4, -0.2) is 173 Å². The van der Waals surface area contributed by atoms with Crippen LogP contribution in [0.3, 0.4) is 0 Å². The molecule has 0 radical (unpaired) electrons. The zero-order chi connectivity index (χ0) is 49.2. The number of halogens is 1. The zero-order valence-electron chi connectivity index (χ0n) is 40.1. The van der Waals surface area contributed by atoms with E-state index >= 15 is 0 Å². The lowest BCUT2D eigenvalue weighted by atomic mass is 10.1. The molecule has 0 saturated carbocycles. The number of hydrogen-bond donors (Lipinski definition) is 5. The van der Waals surface area contributed by atoms with E-state index in [0.717, 1.165) is 12.8 Å². The molecule has 2 atom stereocenters. The molecule has 0 fully saturated rings. The zero-order valence-corrected chi connectivity index (χ0v) is 42.3. The smallest absolute Gasteiger partial charge is 0.407 e. The second kappa shape index (κ2) is 41.8. The van der Waals surface area contributed by atoms with E-state index in [1.54, 1.807) is 20.8 Å². The molecule has 7 N–H and O–H groups in total. The summed E-state index contributed by atoms with van der Waals surface area (Å²) in [6.07, 6.45) is 5.06. The summed E-state index contributed by atoms with van der Waals surface area (Å²) in [5, 5.41) is 8.33. The highest BCUT2D eigenvalue weighted by atomic mass is 127. The molecule has 0 heterocycles. The first kappa shape index (κ1) is 61.9. The van der Waals surface area contributed by atoms with E-state index in [1.807, 2.05) is 0 Å². The Balaban J connectivity index is 1.77. The number of unbranched alkanes of at least 4 members (excludes halogenated alkanes) is 2. The molecule has 0 aliphatic rings. The van der Waals surface area contributed by atoms with Crippen LogP contribution in [-0.2, 0) is 73.0 Å². The van der Waals surface area contributed by atoms with Gasteiger partial charge in [0.1, 0.15) is 11.6 Å². The average Bonchev–Trinajstić information content (AvgIpc) is 3.28.